The van der Waals surface area contributed by atoms with Gasteiger partial charge in [-0.2, -0.15) is 0 Å². The predicted octanol–water partition coefficient (Wildman–Crippen LogP) is 0.830. The molecule has 2 heterocycles. The van der Waals surface area contributed by atoms with Gasteiger partial charge < -0.3 is 16.0 Å². The van der Waals surface area contributed by atoms with Crippen LogP contribution >= 0.6 is 11.3 Å². The molecule has 2 aromatic heterocycles. The van der Waals surface area contributed by atoms with Crippen LogP contribution in [-0.2, 0) is 11.2 Å². The van der Waals surface area contributed by atoms with Crippen molar-refractivity contribution in [3.63, 3.8) is 0 Å². The third kappa shape index (κ3) is 3.15. The number of rotatable bonds is 5. The van der Waals surface area contributed by atoms with Crippen molar-refractivity contribution in [1.29, 1.82) is 0 Å². The van der Waals surface area contributed by atoms with Crippen molar-refractivity contribution in [3.8, 4) is 0 Å². The Morgan fingerprint density at radius 1 is 1.65 bits per heavy atom. The highest BCUT2D eigenvalue weighted by atomic mass is 32.1. The standard InChI is InChI=1S/C11H14N4OS/c12-10(9-2-1-5-17-9)11(16)14-4-3-8-6-13-7-15-8/h1-2,5-7,10H,3-4,12H2,(H,13,15)(H,14,16). The lowest BCUT2D eigenvalue weighted by molar-refractivity contribution is -0.122. The van der Waals surface area contributed by atoms with Crippen molar-refractivity contribution in [1.82, 2.24) is 15.3 Å². The molecule has 17 heavy (non-hydrogen) atoms. The first kappa shape index (κ1) is 11.8. The molecule has 1 unspecified atom stereocenters. The predicted molar refractivity (Wildman–Crippen MR) is 66.5 cm³/mol. The number of imidazole rings is 1. The fourth-order valence-corrected chi connectivity index (χ4v) is 2.17. The Morgan fingerprint density at radius 3 is 3.18 bits per heavy atom. The molecule has 0 aliphatic rings. The van der Waals surface area contributed by atoms with Gasteiger partial charge in [0.05, 0.1) is 6.33 Å². The summed E-state index contributed by atoms with van der Waals surface area (Å²) in [6.45, 7) is 0.556. The number of hydrogen-bond donors (Lipinski definition) is 3. The van der Waals surface area contributed by atoms with Crippen molar-refractivity contribution in [3.05, 3.63) is 40.6 Å². The SMILES string of the molecule is NC(C(=O)NCCc1cnc[nH]1)c1cccs1. The molecule has 2 rings (SSSR count). The van der Waals surface area contributed by atoms with Gasteiger partial charge in [-0.3, -0.25) is 4.79 Å². The highest BCUT2D eigenvalue weighted by Gasteiger charge is 2.15. The Morgan fingerprint density at radius 2 is 2.53 bits per heavy atom. The van der Waals surface area contributed by atoms with Gasteiger partial charge in [0.1, 0.15) is 6.04 Å². The fourth-order valence-electron chi connectivity index (χ4n) is 1.45. The van der Waals surface area contributed by atoms with Crippen LogP contribution in [0.4, 0.5) is 0 Å². The maximum atomic E-state index is 11.7. The molecule has 6 heteroatoms. The van der Waals surface area contributed by atoms with Crippen molar-refractivity contribution in [2.24, 2.45) is 5.73 Å². The average Bonchev–Trinajstić information content (AvgIpc) is 3.00. The van der Waals surface area contributed by atoms with E-state index < -0.39 is 6.04 Å². The molecule has 0 saturated heterocycles. The van der Waals surface area contributed by atoms with Crippen molar-refractivity contribution in [2.75, 3.05) is 6.54 Å². The van der Waals surface area contributed by atoms with Crippen molar-refractivity contribution >= 4 is 17.2 Å². The summed E-state index contributed by atoms with van der Waals surface area (Å²) in [6.07, 6.45) is 4.09. The average molecular weight is 250 g/mol. The Bertz CT molecular complexity index is 452. The Balaban J connectivity index is 1.77. The number of nitrogens with two attached hydrogens (primary N) is 1. The lowest BCUT2D eigenvalue weighted by Gasteiger charge is -2.09. The Hall–Kier alpha value is -1.66. The number of thiophene rings is 1. The molecule has 0 aliphatic heterocycles. The largest absolute Gasteiger partial charge is 0.354 e. The van der Waals surface area contributed by atoms with E-state index in [-0.39, 0.29) is 5.91 Å². The van der Waals surface area contributed by atoms with Crippen LogP contribution in [-0.4, -0.2) is 22.4 Å². The first-order valence-electron chi connectivity index (χ1n) is 5.31. The van der Waals surface area contributed by atoms with Crippen LogP contribution in [0.25, 0.3) is 0 Å². The number of nitrogens with zero attached hydrogens (tertiary/aromatic N) is 1. The molecule has 0 aromatic carbocycles. The van der Waals surface area contributed by atoms with Crippen LogP contribution in [0.5, 0.6) is 0 Å². The molecule has 0 bridgehead atoms. The van der Waals surface area contributed by atoms with Gasteiger partial charge in [0.15, 0.2) is 0 Å². The summed E-state index contributed by atoms with van der Waals surface area (Å²) < 4.78 is 0. The Kier molecular flexibility index (Phi) is 3.89. The summed E-state index contributed by atoms with van der Waals surface area (Å²) in [5, 5.41) is 4.71. The molecule has 0 radical (unpaired) electrons. The fraction of sp³-hybridized carbons (Fsp3) is 0.273. The van der Waals surface area contributed by atoms with Gasteiger partial charge in [0.25, 0.3) is 0 Å². The normalized spacial score (nSPS) is 12.3. The van der Waals surface area contributed by atoms with Crippen LogP contribution in [0, 0.1) is 0 Å². The minimum Gasteiger partial charge on any atom is -0.354 e. The summed E-state index contributed by atoms with van der Waals surface area (Å²) in [7, 11) is 0. The number of aromatic amines is 1. The summed E-state index contributed by atoms with van der Waals surface area (Å²) >= 11 is 1.49. The van der Waals surface area contributed by atoms with Gasteiger partial charge >= 0.3 is 0 Å². The highest BCUT2D eigenvalue weighted by Crippen LogP contribution is 2.16. The number of carbonyl (C=O) groups is 1. The van der Waals surface area contributed by atoms with Crippen LogP contribution < -0.4 is 11.1 Å². The second-order valence-electron chi connectivity index (χ2n) is 3.61. The number of amides is 1. The van der Waals surface area contributed by atoms with Gasteiger partial charge in [-0.25, -0.2) is 4.98 Å². The van der Waals surface area contributed by atoms with Crippen LogP contribution in [0.2, 0.25) is 0 Å². The molecule has 2 aromatic rings. The molecule has 1 amide bonds. The molecule has 0 saturated carbocycles. The van der Waals surface area contributed by atoms with Crippen LogP contribution in [0.3, 0.4) is 0 Å². The third-order valence-electron chi connectivity index (χ3n) is 2.38. The Labute approximate surface area is 103 Å². The minimum atomic E-state index is -0.572. The zero-order valence-corrected chi connectivity index (χ0v) is 10.0. The van der Waals surface area contributed by atoms with Crippen molar-refractivity contribution < 1.29 is 4.79 Å². The van der Waals surface area contributed by atoms with Crippen molar-refractivity contribution in [2.45, 2.75) is 12.5 Å². The topological polar surface area (TPSA) is 83.8 Å². The smallest absolute Gasteiger partial charge is 0.242 e. The van der Waals surface area contributed by atoms with Gasteiger partial charge in [-0.1, -0.05) is 6.07 Å². The first-order valence-corrected chi connectivity index (χ1v) is 6.19. The van der Waals surface area contributed by atoms with E-state index in [0.717, 1.165) is 17.0 Å². The highest BCUT2D eigenvalue weighted by molar-refractivity contribution is 7.10. The number of hydrogen-bond acceptors (Lipinski definition) is 4. The maximum Gasteiger partial charge on any atom is 0.242 e. The summed E-state index contributed by atoms with van der Waals surface area (Å²) in [6, 6.07) is 3.18. The number of aromatic nitrogens is 2. The van der Waals surface area contributed by atoms with E-state index in [1.165, 1.54) is 11.3 Å². The van der Waals surface area contributed by atoms with Crippen LogP contribution in [0.1, 0.15) is 16.6 Å². The molecular formula is C11H14N4OS. The summed E-state index contributed by atoms with van der Waals surface area (Å²) in [5.74, 6) is -0.146. The van der Waals surface area contributed by atoms with Gasteiger partial charge in [0, 0.05) is 29.7 Å². The van der Waals surface area contributed by atoms with E-state index in [1.807, 2.05) is 17.5 Å². The first-order chi connectivity index (χ1) is 8.27. The van der Waals surface area contributed by atoms with Crippen LogP contribution in [0.15, 0.2) is 30.0 Å². The van der Waals surface area contributed by atoms with E-state index in [9.17, 15) is 4.79 Å². The molecule has 1 atom stereocenters. The third-order valence-corrected chi connectivity index (χ3v) is 3.34. The number of nitrogens with one attached hydrogen (secondary N) is 2. The molecule has 90 valence electrons. The quantitative estimate of drug-likeness (QED) is 0.735. The second kappa shape index (κ2) is 5.60. The zero-order valence-electron chi connectivity index (χ0n) is 9.22. The molecular weight excluding hydrogens is 236 g/mol. The second-order valence-corrected chi connectivity index (χ2v) is 4.59. The minimum absolute atomic E-state index is 0.146. The molecule has 5 nitrogen and oxygen atoms in total. The van der Waals surface area contributed by atoms with Gasteiger partial charge in [-0.15, -0.1) is 11.3 Å². The van der Waals surface area contributed by atoms with Gasteiger partial charge in [-0.05, 0) is 11.4 Å². The monoisotopic (exact) mass is 250 g/mol. The number of carbonyl (C=O) groups excluding carboxylic acids is 1. The van der Waals surface area contributed by atoms with Gasteiger partial charge in [0.2, 0.25) is 5.91 Å². The maximum absolute atomic E-state index is 11.7. The van der Waals surface area contributed by atoms with E-state index in [0.29, 0.717) is 6.54 Å². The summed E-state index contributed by atoms with van der Waals surface area (Å²) in [5.41, 5.74) is 6.82. The molecule has 4 N–H and O–H groups in total. The van der Waals surface area contributed by atoms with E-state index in [1.54, 1.807) is 12.5 Å². The summed E-state index contributed by atoms with van der Waals surface area (Å²) in [4.78, 5) is 19.5. The zero-order chi connectivity index (χ0) is 12.1. The number of H-pyrrole nitrogens is 1. The van der Waals surface area contributed by atoms with E-state index in [4.69, 9.17) is 5.73 Å². The lowest BCUT2D eigenvalue weighted by Crippen LogP contribution is -2.34. The lowest BCUT2D eigenvalue weighted by atomic mass is 10.2. The molecule has 0 fully saturated rings. The molecule has 0 spiro atoms. The van der Waals surface area contributed by atoms with E-state index >= 15 is 0 Å². The molecule has 0 aliphatic carbocycles. The van der Waals surface area contributed by atoms with E-state index in [2.05, 4.69) is 15.3 Å².